The molecule has 0 radical (unpaired) electrons. The Morgan fingerprint density at radius 1 is 1.24 bits per heavy atom. The average molecular weight is 252 g/mol. The second-order valence-electron chi connectivity index (χ2n) is 3.06. The molecule has 0 heterocycles. The van der Waals surface area contributed by atoms with Crippen molar-refractivity contribution in [1.82, 2.24) is 0 Å². The highest BCUT2D eigenvalue weighted by Crippen LogP contribution is 2.17. The monoisotopic (exact) mass is 252 g/mol. The van der Waals surface area contributed by atoms with Gasteiger partial charge in [-0.1, -0.05) is 0 Å². The Morgan fingerprint density at radius 3 is 2.53 bits per heavy atom. The minimum Gasteiger partial charge on any atom is -0.467 e. The van der Waals surface area contributed by atoms with Crippen LogP contribution in [0.2, 0.25) is 0 Å². The van der Waals surface area contributed by atoms with E-state index in [4.69, 9.17) is 4.74 Å². The fourth-order valence-electron chi connectivity index (χ4n) is 1.00. The van der Waals surface area contributed by atoms with Crippen molar-refractivity contribution < 1.29 is 31.8 Å². The summed E-state index contributed by atoms with van der Waals surface area (Å²) in [7, 11) is 0. The van der Waals surface area contributed by atoms with Crippen molar-refractivity contribution >= 4 is 6.29 Å². The first-order chi connectivity index (χ1) is 7.90. The molecule has 0 aromatic heterocycles. The van der Waals surface area contributed by atoms with Crippen molar-refractivity contribution in [2.24, 2.45) is 0 Å². The van der Waals surface area contributed by atoms with Crippen molar-refractivity contribution in [2.75, 3.05) is 13.4 Å². The zero-order valence-corrected chi connectivity index (χ0v) is 8.46. The van der Waals surface area contributed by atoms with Crippen molar-refractivity contribution in [3.63, 3.8) is 0 Å². The van der Waals surface area contributed by atoms with Crippen molar-refractivity contribution in [3.05, 3.63) is 29.6 Å². The summed E-state index contributed by atoms with van der Waals surface area (Å²) in [6, 6.07) is 3.09. The highest BCUT2D eigenvalue weighted by atomic mass is 19.4. The van der Waals surface area contributed by atoms with Gasteiger partial charge in [-0.15, -0.1) is 0 Å². The van der Waals surface area contributed by atoms with E-state index >= 15 is 0 Å². The number of aldehydes is 1. The highest BCUT2D eigenvalue weighted by Gasteiger charge is 2.27. The van der Waals surface area contributed by atoms with Gasteiger partial charge in [0.25, 0.3) is 0 Å². The summed E-state index contributed by atoms with van der Waals surface area (Å²) in [6.07, 6.45) is -4.05. The molecule has 0 spiro atoms. The summed E-state index contributed by atoms with van der Waals surface area (Å²) in [5, 5.41) is 0. The Bertz CT molecular complexity index is 390. The highest BCUT2D eigenvalue weighted by molar-refractivity contribution is 5.75. The van der Waals surface area contributed by atoms with Crippen molar-refractivity contribution in [2.45, 2.75) is 6.18 Å². The SMILES string of the molecule is O=Cc1cc(F)cc(OCOCC(F)(F)F)c1. The van der Waals surface area contributed by atoms with Crippen LogP contribution >= 0.6 is 0 Å². The summed E-state index contributed by atoms with van der Waals surface area (Å²) < 4.78 is 56.7. The van der Waals surface area contributed by atoms with Gasteiger partial charge in [0.15, 0.2) is 6.79 Å². The number of ether oxygens (including phenoxy) is 2. The molecule has 0 saturated carbocycles. The zero-order chi connectivity index (χ0) is 12.9. The first kappa shape index (κ1) is 13.4. The predicted molar refractivity (Wildman–Crippen MR) is 49.3 cm³/mol. The molecule has 0 atom stereocenters. The lowest BCUT2D eigenvalue weighted by Crippen LogP contribution is -2.19. The number of benzene rings is 1. The first-order valence-corrected chi connectivity index (χ1v) is 4.44. The maximum absolute atomic E-state index is 12.9. The molecule has 3 nitrogen and oxygen atoms in total. The fourth-order valence-corrected chi connectivity index (χ4v) is 1.00. The minimum atomic E-state index is -4.45. The molecule has 1 aromatic carbocycles. The lowest BCUT2D eigenvalue weighted by atomic mass is 10.2. The predicted octanol–water partition coefficient (Wildman–Crippen LogP) is 2.55. The van der Waals surface area contributed by atoms with Gasteiger partial charge in [0, 0.05) is 11.6 Å². The van der Waals surface area contributed by atoms with Crippen LogP contribution in [0.5, 0.6) is 5.75 Å². The van der Waals surface area contributed by atoms with Crippen LogP contribution in [0.15, 0.2) is 18.2 Å². The van der Waals surface area contributed by atoms with E-state index < -0.39 is 25.4 Å². The van der Waals surface area contributed by atoms with Gasteiger partial charge in [0.1, 0.15) is 24.5 Å². The molecule has 7 heteroatoms. The molecule has 0 amide bonds. The second-order valence-corrected chi connectivity index (χ2v) is 3.06. The normalized spacial score (nSPS) is 11.3. The van der Waals surface area contributed by atoms with Crippen LogP contribution in [0.4, 0.5) is 17.6 Å². The summed E-state index contributed by atoms with van der Waals surface area (Å²) in [5.74, 6) is -0.797. The molecule has 1 aromatic rings. The third kappa shape index (κ3) is 5.30. The Hall–Kier alpha value is -1.63. The van der Waals surface area contributed by atoms with Gasteiger partial charge < -0.3 is 9.47 Å². The second kappa shape index (κ2) is 5.62. The number of halogens is 4. The third-order valence-electron chi connectivity index (χ3n) is 1.60. The average Bonchev–Trinajstić information content (AvgIpc) is 2.22. The van der Waals surface area contributed by atoms with E-state index in [1.165, 1.54) is 6.07 Å². The Morgan fingerprint density at radius 2 is 1.94 bits per heavy atom. The van der Waals surface area contributed by atoms with E-state index in [1.807, 2.05) is 0 Å². The Balaban J connectivity index is 2.46. The summed E-state index contributed by atoms with van der Waals surface area (Å²) in [4.78, 5) is 10.4. The molecule has 0 aliphatic rings. The molecule has 0 aliphatic heterocycles. The zero-order valence-electron chi connectivity index (χ0n) is 8.46. The molecule has 0 N–H and O–H groups in total. The van der Waals surface area contributed by atoms with Gasteiger partial charge in [-0.05, 0) is 12.1 Å². The minimum absolute atomic E-state index is 0.0239. The Kier molecular flexibility index (Phi) is 4.45. The smallest absolute Gasteiger partial charge is 0.411 e. The molecule has 0 aliphatic carbocycles. The lowest BCUT2D eigenvalue weighted by molar-refractivity contribution is -0.186. The number of carbonyl (C=O) groups is 1. The van der Waals surface area contributed by atoms with Gasteiger partial charge in [0.2, 0.25) is 0 Å². The standard InChI is InChI=1S/C10H8F4O3/c11-8-1-7(4-15)2-9(3-8)17-6-16-5-10(12,13)14/h1-4H,5-6H2. The van der Waals surface area contributed by atoms with Gasteiger partial charge in [0.05, 0.1) is 0 Å². The number of alkyl halides is 3. The summed E-state index contributed by atoms with van der Waals surface area (Å²) in [5.41, 5.74) is 0.0239. The topological polar surface area (TPSA) is 35.5 Å². The van der Waals surface area contributed by atoms with E-state index in [0.717, 1.165) is 12.1 Å². The van der Waals surface area contributed by atoms with E-state index in [1.54, 1.807) is 0 Å². The molecule has 1 rings (SSSR count). The summed E-state index contributed by atoms with van der Waals surface area (Å²) >= 11 is 0. The molecule has 0 saturated heterocycles. The van der Waals surface area contributed by atoms with E-state index in [0.29, 0.717) is 6.29 Å². The lowest BCUT2D eigenvalue weighted by Gasteiger charge is -2.09. The van der Waals surface area contributed by atoms with Gasteiger partial charge in [-0.25, -0.2) is 4.39 Å². The summed E-state index contributed by atoms with van der Waals surface area (Å²) in [6.45, 7) is -2.13. The van der Waals surface area contributed by atoms with Gasteiger partial charge in [-0.3, -0.25) is 4.79 Å². The van der Waals surface area contributed by atoms with Crippen LogP contribution in [0.3, 0.4) is 0 Å². The van der Waals surface area contributed by atoms with Gasteiger partial charge in [-0.2, -0.15) is 13.2 Å². The van der Waals surface area contributed by atoms with E-state index in [9.17, 15) is 22.4 Å². The molecule has 17 heavy (non-hydrogen) atoms. The van der Waals surface area contributed by atoms with Crippen LogP contribution < -0.4 is 4.74 Å². The number of hydrogen-bond acceptors (Lipinski definition) is 3. The van der Waals surface area contributed by atoms with Crippen LogP contribution in [-0.2, 0) is 4.74 Å². The van der Waals surface area contributed by atoms with Crippen LogP contribution in [0.1, 0.15) is 10.4 Å². The number of carbonyl (C=O) groups excluding carboxylic acids is 1. The molecule has 0 unspecified atom stereocenters. The van der Waals surface area contributed by atoms with Crippen molar-refractivity contribution in [3.8, 4) is 5.75 Å². The van der Waals surface area contributed by atoms with Crippen molar-refractivity contribution in [1.29, 1.82) is 0 Å². The number of hydrogen-bond donors (Lipinski definition) is 0. The third-order valence-corrected chi connectivity index (χ3v) is 1.60. The van der Waals surface area contributed by atoms with E-state index in [2.05, 4.69) is 4.74 Å². The Labute approximate surface area is 93.9 Å². The van der Waals surface area contributed by atoms with Crippen LogP contribution in [0.25, 0.3) is 0 Å². The van der Waals surface area contributed by atoms with Crippen LogP contribution in [0, 0.1) is 5.82 Å². The quantitative estimate of drug-likeness (QED) is 0.349. The van der Waals surface area contributed by atoms with Gasteiger partial charge >= 0.3 is 6.18 Å². The molecule has 0 fully saturated rings. The maximum Gasteiger partial charge on any atom is 0.411 e. The molecule has 0 bridgehead atoms. The van der Waals surface area contributed by atoms with E-state index in [-0.39, 0.29) is 11.3 Å². The van der Waals surface area contributed by atoms with Crippen LogP contribution in [-0.4, -0.2) is 25.9 Å². The first-order valence-electron chi connectivity index (χ1n) is 4.44. The molecular weight excluding hydrogens is 244 g/mol. The number of rotatable bonds is 5. The fraction of sp³-hybridized carbons (Fsp3) is 0.300. The largest absolute Gasteiger partial charge is 0.467 e. The maximum atomic E-state index is 12.9. The molecule has 94 valence electrons. The molecular formula is C10H8F4O3.